The van der Waals surface area contributed by atoms with Gasteiger partial charge in [-0.05, 0) is 0 Å². The van der Waals surface area contributed by atoms with Gasteiger partial charge >= 0.3 is 23.9 Å². The summed E-state index contributed by atoms with van der Waals surface area (Å²) in [5.74, 6) is -5.53. The van der Waals surface area contributed by atoms with Gasteiger partial charge in [-0.1, -0.05) is 0 Å². The predicted molar refractivity (Wildman–Crippen MR) is 38.5 cm³/mol. The quantitative estimate of drug-likeness (QED) is 0.165. The molecule has 0 fully saturated rings. The van der Waals surface area contributed by atoms with E-state index in [1.807, 2.05) is 0 Å². The molecule has 10 heteroatoms. The summed E-state index contributed by atoms with van der Waals surface area (Å²) < 4.78 is 0. The second-order valence-corrected chi connectivity index (χ2v) is 2.12. The van der Waals surface area contributed by atoms with Crippen LogP contribution in [0.1, 0.15) is 0 Å². The number of aliphatic carboxylic acids is 1. The molecule has 1 unspecified atom stereocenters. The van der Waals surface area contributed by atoms with Crippen molar-refractivity contribution in [1.82, 2.24) is 10.4 Å². The number of rotatable bonds is 3. The number of carbonyl (C=O) groups is 3. The molecule has 0 saturated carbocycles. The third-order valence-corrected chi connectivity index (χ3v) is 1.11. The Hall–Kier alpha value is -2.07. The van der Waals surface area contributed by atoms with E-state index in [0.29, 0.717) is 0 Å². The van der Waals surface area contributed by atoms with Crippen LogP contribution in [0.5, 0.6) is 0 Å². The molecule has 80 valence electrons. The first-order valence-corrected chi connectivity index (χ1v) is 3.03. The van der Waals surface area contributed by atoms with Gasteiger partial charge in [0.25, 0.3) is 0 Å². The van der Waals surface area contributed by atoms with Crippen molar-refractivity contribution < 1.29 is 29.8 Å². The average Bonchev–Trinajstić information content (AvgIpc) is 2.00. The minimum absolute atomic E-state index is 0.792. The number of carbonyl (C=O) groups excluding carboxylic acids is 2. The van der Waals surface area contributed by atoms with Gasteiger partial charge in [-0.15, -0.1) is 5.06 Å². The first-order valence-electron chi connectivity index (χ1n) is 3.03. The lowest BCUT2D eigenvalue weighted by atomic mass is 10.4. The van der Waals surface area contributed by atoms with Crippen LogP contribution < -0.4 is 16.8 Å². The monoisotopic (exact) mass is 208 g/mol. The van der Waals surface area contributed by atoms with Crippen molar-refractivity contribution in [2.24, 2.45) is 11.5 Å². The van der Waals surface area contributed by atoms with Crippen molar-refractivity contribution in [2.75, 3.05) is 0 Å². The standard InChI is InChI=1S/C4H8N4O6/c5-2(11)7-4(13,1(9)10)8(14)3(6)12/h13-14H,(H2,6,12)(H,9,10)(H3,5,7,11). The number of hydroxylamine groups is 2. The number of nitrogens with one attached hydrogen (secondary N) is 1. The van der Waals surface area contributed by atoms with Crippen LogP contribution in [0, 0.1) is 0 Å². The molecule has 0 aromatic heterocycles. The predicted octanol–water partition coefficient (Wildman–Crippen LogP) is -2.84. The third-order valence-electron chi connectivity index (χ3n) is 1.11. The minimum atomic E-state index is -3.39. The summed E-state index contributed by atoms with van der Waals surface area (Å²) in [4.78, 5) is 30.9. The van der Waals surface area contributed by atoms with Crippen LogP contribution in [-0.2, 0) is 4.79 Å². The van der Waals surface area contributed by atoms with Crippen molar-refractivity contribution in [2.45, 2.75) is 5.85 Å². The molecule has 8 N–H and O–H groups in total. The molecule has 0 bridgehead atoms. The molecular formula is C4H8N4O6. The summed E-state index contributed by atoms with van der Waals surface area (Å²) in [7, 11) is 0. The molecule has 4 amide bonds. The first kappa shape index (κ1) is 11.9. The lowest BCUT2D eigenvalue weighted by molar-refractivity contribution is -0.240. The van der Waals surface area contributed by atoms with Gasteiger partial charge in [0.2, 0.25) is 0 Å². The van der Waals surface area contributed by atoms with Gasteiger partial charge in [-0.3, -0.25) is 10.5 Å². The molecule has 0 radical (unpaired) electrons. The summed E-state index contributed by atoms with van der Waals surface area (Å²) in [5, 5.41) is 26.6. The first-order chi connectivity index (χ1) is 6.21. The maximum Gasteiger partial charge on any atom is 0.383 e. The Labute approximate surface area is 76.6 Å². The van der Waals surface area contributed by atoms with Gasteiger partial charge in [0.1, 0.15) is 0 Å². The molecular weight excluding hydrogens is 200 g/mol. The van der Waals surface area contributed by atoms with Gasteiger partial charge in [0.05, 0.1) is 0 Å². The fourth-order valence-electron chi connectivity index (χ4n) is 0.528. The number of hydrogen-bond donors (Lipinski definition) is 6. The van der Waals surface area contributed by atoms with Gasteiger partial charge in [-0.2, -0.15) is 0 Å². The molecule has 0 aliphatic heterocycles. The van der Waals surface area contributed by atoms with Gasteiger partial charge < -0.3 is 21.7 Å². The molecule has 0 aliphatic carbocycles. The van der Waals surface area contributed by atoms with E-state index in [4.69, 9.17) is 15.4 Å². The molecule has 0 rings (SSSR count). The smallest absolute Gasteiger partial charge is 0.383 e. The summed E-state index contributed by atoms with van der Waals surface area (Å²) in [6.07, 6.45) is 0. The highest BCUT2D eigenvalue weighted by molar-refractivity contribution is 5.87. The third kappa shape index (κ3) is 2.21. The molecule has 0 aromatic rings. The highest BCUT2D eigenvalue weighted by Crippen LogP contribution is 2.05. The van der Waals surface area contributed by atoms with Gasteiger partial charge in [0, 0.05) is 0 Å². The normalized spacial score (nSPS) is 13.9. The lowest BCUT2D eigenvalue weighted by Crippen LogP contribution is -2.67. The van der Waals surface area contributed by atoms with E-state index in [-0.39, 0.29) is 0 Å². The number of carboxylic acid groups (broad SMARTS) is 1. The van der Waals surface area contributed by atoms with E-state index >= 15 is 0 Å². The molecule has 0 aliphatic rings. The summed E-state index contributed by atoms with van der Waals surface area (Å²) in [6, 6.07) is -3.17. The molecule has 0 aromatic carbocycles. The number of primary amides is 2. The second kappa shape index (κ2) is 3.76. The maximum absolute atomic E-state index is 10.4. The highest BCUT2D eigenvalue weighted by Gasteiger charge is 2.46. The molecule has 14 heavy (non-hydrogen) atoms. The molecule has 1 atom stereocenters. The van der Waals surface area contributed by atoms with Crippen molar-refractivity contribution in [3.63, 3.8) is 0 Å². The van der Waals surface area contributed by atoms with Crippen LogP contribution in [0.3, 0.4) is 0 Å². The Morgan fingerprint density at radius 2 is 1.71 bits per heavy atom. The summed E-state index contributed by atoms with van der Waals surface area (Å²) in [5.41, 5.74) is 8.95. The fourth-order valence-corrected chi connectivity index (χ4v) is 0.528. The van der Waals surface area contributed by atoms with Crippen molar-refractivity contribution in [3.8, 4) is 0 Å². The number of hydrogen-bond acceptors (Lipinski definition) is 5. The molecule has 0 saturated heterocycles. The van der Waals surface area contributed by atoms with Crippen molar-refractivity contribution in [1.29, 1.82) is 0 Å². The van der Waals surface area contributed by atoms with Crippen LogP contribution in [-0.4, -0.2) is 44.4 Å². The van der Waals surface area contributed by atoms with E-state index in [2.05, 4.69) is 11.5 Å². The number of nitrogens with two attached hydrogens (primary N) is 2. The van der Waals surface area contributed by atoms with Crippen molar-refractivity contribution >= 4 is 18.0 Å². The molecule has 0 spiro atoms. The molecule has 10 nitrogen and oxygen atoms in total. The van der Waals surface area contributed by atoms with Gasteiger partial charge in [-0.25, -0.2) is 14.4 Å². The SMILES string of the molecule is NC(=O)NC(O)(C(=O)O)N(O)C(N)=O. The topological polar surface area (TPSA) is 179 Å². The Bertz CT molecular complexity index is 279. The van der Waals surface area contributed by atoms with E-state index in [0.717, 1.165) is 0 Å². The number of aliphatic hydroxyl groups is 1. The largest absolute Gasteiger partial charge is 0.476 e. The second-order valence-electron chi connectivity index (χ2n) is 2.12. The Morgan fingerprint density at radius 1 is 1.29 bits per heavy atom. The van der Waals surface area contributed by atoms with Crippen LogP contribution in [0.4, 0.5) is 9.59 Å². The zero-order chi connectivity index (χ0) is 11.5. The Morgan fingerprint density at radius 3 is 1.93 bits per heavy atom. The zero-order valence-corrected chi connectivity index (χ0v) is 6.67. The van der Waals surface area contributed by atoms with Crippen LogP contribution in [0.15, 0.2) is 0 Å². The summed E-state index contributed by atoms with van der Waals surface area (Å²) in [6.45, 7) is 0. The van der Waals surface area contributed by atoms with Crippen LogP contribution in [0.2, 0.25) is 0 Å². The maximum atomic E-state index is 10.4. The van der Waals surface area contributed by atoms with E-state index in [9.17, 15) is 14.4 Å². The lowest BCUT2D eigenvalue weighted by Gasteiger charge is -2.28. The number of urea groups is 2. The molecule has 0 heterocycles. The number of amides is 4. The minimum Gasteiger partial charge on any atom is -0.476 e. The summed E-state index contributed by atoms with van der Waals surface area (Å²) >= 11 is 0. The number of nitrogens with zero attached hydrogens (tertiary/aromatic N) is 1. The zero-order valence-electron chi connectivity index (χ0n) is 6.67. The van der Waals surface area contributed by atoms with Crippen molar-refractivity contribution in [3.05, 3.63) is 0 Å². The Kier molecular flexibility index (Phi) is 3.20. The highest BCUT2D eigenvalue weighted by atomic mass is 16.6. The van der Waals surface area contributed by atoms with E-state index in [1.54, 1.807) is 0 Å². The Balaban J connectivity index is 4.99. The average molecular weight is 208 g/mol. The van der Waals surface area contributed by atoms with E-state index in [1.165, 1.54) is 5.32 Å². The van der Waals surface area contributed by atoms with Gasteiger partial charge in [0.15, 0.2) is 0 Å². The fraction of sp³-hybridized carbons (Fsp3) is 0.250. The van der Waals surface area contributed by atoms with Crippen LogP contribution in [0.25, 0.3) is 0 Å². The van der Waals surface area contributed by atoms with E-state index < -0.39 is 28.9 Å². The number of carboxylic acids is 1. The van der Waals surface area contributed by atoms with Crippen LogP contribution >= 0.6 is 0 Å².